The van der Waals surface area contributed by atoms with Crippen LogP contribution in [0.25, 0.3) is 0 Å². The molecule has 0 aliphatic rings. The van der Waals surface area contributed by atoms with E-state index in [1.807, 2.05) is 0 Å². The summed E-state index contributed by atoms with van der Waals surface area (Å²) in [6, 6.07) is 0. The van der Waals surface area contributed by atoms with Gasteiger partial charge in [-0.2, -0.15) is 22.0 Å². The zero-order valence-electron chi connectivity index (χ0n) is 7.74. The van der Waals surface area contributed by atoms with Gasteiger partial charge in [-0.1, -0.05) is 26.2 Å². The fourth-order valence-electron chi connectivity index (χ4n) is 0.958. The summed E-state index contributed by atoms with van der Waals surface area (Å²) >= 11 is 0. The van der Waals surface area contributed by atoms with Gasteiger partial charge in [0.05, 0.1) is 0 Å². The smallest absolute Gasteiger partial charge is 0.386 e. The summed E-state index contributed by atoms with van der Waals surface area (Å²) in [5, 5.41) is 8.67. The SMILES string of the molecule is CCCCCC(O)C(F)(F)C(F)(F)F. The highest BCUT2D eigenvalue weighted by Crippen LogP contribution is 2.39. The average Bonchev–Trinajstić information content (AvgIpc) is 2.02. The predicted molar refractivity (Wildman–Crippen MR) is 41.2 cm³/mol. The number of alkyl halides is 5. The van der Waals surface area contributed by atoms with E-state index in [9.17, 15) is 22.0 Å². The molecule has 0 aromatic carbocycles. The zero-order chi connectivity index (χ0) is 11.4. The molecule has 1 N–H and O–H groups in total. The Hall–Kier alpha value is -0.390. The van der Waals surface area contributed by atoms with Gasteiger partial charge in [0.25, 0.3) is 0 Å². The second kappa shape index (κ2) is 4.91. The second-order valence-electron chi connectivity index (χ2n) is 3.13. The number of aliphatic hydroxyl groups excluding tert-OH is 1. The highest BCUT2D eigenvalue weighted by Gasteiger charge is 2.61. The molecule has 0 aliphatic carbocycles. The summed E-state index contributed by atoms with van der Waals surface area (Å²) in [6.07, 6.45) is -7.42. The molecule has 0 spiro atoms. The van der Waals surface area contributed by atoms with Crippen LogP contribution in [-0.4, -0.2) is 23.3 Å². The quantitative estimate of drug-likeness (QED) is 0.557. The first-order valence-electron chi connectivity index (χ1n) is 4.36. The van der Waals surface area contributed by atoms with Gasteiger partial charge in [0.2, 0.25) is 0 Å². The average molecular weight is 220 g/mol. The van der Waals surface area contributed by atoms with Crippen molar-refractivity contribution in [3.63, 3.8) is 0 Å². The van der Waals surface area contributed by atoms with Crippen molar-refractivity contribution in [3.8, 4) is 0 Å². The molecular weight excluding hydrogens is 207 g/mol. The number of hydrogen-bond acceptors (Lipinski definition) is 1. The maximum absolute atomic E-state index is 12.4. The number of unbranched alkanes of at least 4 members (excludes halogenated alkanes) is 2. The standard InChI is InChI=1S/C8H13F5O/c1-2-3-4-5-6(14)7(9,10)8(11,12)13/h6,14H,2-5H2,1H3. The molecule has 0 saturated heterocycles. The molecule has 0 fully saturated rings. The van der Waals surface area contributed by atoms with E-state index in [1.165, 1.54) is 0 Å². The lowest BCUT2D eigenvalue weighted by atomic mass is 10.1. The highest BCUT2D eigenvalue weighted by atomic mass is 19.4. The Bertz CT molecular complexity index is 166. The molecule has 86 valence electrons. The molecule has 1 nitrogen and oxygen atoms in total. The van der Waals surface area contributed by atoms with Crippen LogP contribution in [0.15, 0.2) is 0 Å². The van der Waals surface area contributed by atoms with Crippen LogP contribution < -0.4 is 0 Å². The van der Waals surface area contributed by atoms with E-state index >= 15 is 0 Å². The maximum Gasteiger partial charge on any atom is 0.456 e. The van der Waals surface area contributed by atoms with Crippen molar-refractivity contribution < 1.29 is 27.1 Å². The molecule has 0 rings (SSSR count). The van der Waals surface area contributed by atoms with Gasteiger partial charge in [-0.3, -0.25) is 0 Å². The van der Waals surface area contributed by atoms with E-state index in [4.69, 9.17) is 5.11 Å². The van der Waals surface area contributed by atoms with Crippen molar-refractivity contribution in [1.82, 2.24) is 0 Å². The third kappa shape index (κ3) is 3.40. The van der Waals surface area contributed by atoms with Crippen LogP contribution in [0.5, 0.6) is 0 Å². The summed E-state index contributed by atoms with van der Waals surface area (Å²) in [5.74, 6) is -5.00. The molecule has 0 aromatic heterocycles. The van der Waals surface area contributed by atoms with E-state index in [0.29, 0.717) is 12.8 Å². The molecule has 0 aromatic rings. The molecule has 1 unspecified atom stereocenters. The van der Waals surface area contributed by atoms with Crippen LogP contribution in [-0.2, 0) is 0 Å². The third-order valence-electron chi connectivity index (χ3n) is 1.88. The van der Waals surface area contributed by atoms with Gasteiger partial charge in [-0.15, -0.1) is 0 Å². The Labute approximate surface area is 78.9 Å². The van der Waals surface area contributed by atoms with E-state index in [1.54, 1.807) is 6.92 Å². The summed E-state index contributed by atoms with van der Waals surface area (Å²) in [6.45, 7) is 1.79. The van der Waals surface area contributed by atoms with E-state index < -0.39 is 24.6 Å². The van der Waals surface area contributed by atoms with Gasteiger partial charge in [0.1, 0.15) is 6.10 Å². The molecule has 0 amide bonds. The number of aliphatic hydroxyl groups is 1. The van der Waals surface area contributed by atoms with Crippen molar-refractivity contribution >= 4 is 0 Å². The van der Waals surface area contributed by atoms with Crippen molar-refractivity contribution in [3.05, 3.63) is 0 Å². The lowest BCUT2D eigenvalue weighted by Crippen LogP contribution is -2.46. The van der Waals surface area contributed by atoms with E-state index in [-0.39, 0.29) is 6.42 Å². The first-order chi connectivity index (χ1) is 6.23. The Balaban J connectivity index is 4.15. The Morgan fingerprint density at radius 3 is 1.93 bits per heavy atom. The van der Waals surface area contributed by atoms with Gasteiger partial charge in [0.15, 0.2) is 0 Å². The topological polar surface area (TPSA) is 20.2 Å². The van der Waals surface area contributed by atoms with Crippen LogP contribution in [0.4, 0.5) is 22.0 Å². The first-order valence-corrected chi connectivity index (χ1v) is 4.36. The Morgan fingerprint density at radius 1 is 1.07 bits per heavy atom. The van der Waals surface area contributed by atoms with Crippen molar-refractivity contribution in [2.75, 3.05) is 0 Å². The minimum atomic E-state index is -5.67. The van der Waals surface area contributed by atoms with Gasteiger partial charge in [-0.05, 0) is 6.42 Å². The fourth-order valence-corrected chi connectivity index (χ4v) is 0.958. The highest BCUT2D eigenvalue weighted by molar-refractivity contribution is 4.83. The van der Waals surface area contributed by atoms with Crippen LogP contribution >= 0.6 is 0 Å². The largest absolute Gasteiger partial charge is 0.456 e. The molecule has 0 radical (unpaired) electrons. The normalized spacial score (nSPS) is 15.6. The van der Waals surface area contributed by atoms with E-state index in [0.717, 1.165) is 0 Å². The fraction of sp³-hybridized carbons (Fsp3) is 1.00. The summed E-state index contributed by atoms with van der Waals surface area (Å²) in [4.78, 5) is 0. The molecule has 0 bridgehead atoms. The second-order valence-corrected chi connectivity index (χ2v) is 3.13. The summed E-state index contributed by atoms with van der Waals surface area (Å²) in [5.41, 5.74) is 0. The predicted octanol–water partition coefficient (Wildman–Crippen LogP) is 3.13. The minimum Gasteiger partial charge on any atom is -0.386 e. The molecular formula is C8H13F5O. The molecule has 6 heteroatoms. The molecule has 0 aliphatic heterocycles. The lowest BCUT2D eigenvalue weighted by molar-refractivity contribution is -0.313. The van der Waals surface area contributed by atoms with Crippen molar-refractivity contribution in [2.45, 2.75) is 50.8 Å². The number of rotatable bonds is 5. The van der Waals surface area contributed by atoms with Crippen LogP contribution in [0.3, 0.4) is 0 Å². The van der Waals surface area contributed by atoms with E-state index in [2.05, 4.69) is 0 Å². The zero-order valence-corrected chi connectivity index (χ0v) is 7.74. The van der Waals surface area contributed by atoms with Gasteiger partial charge < -0.3 is 5.11 Å². The summed E-state index contributed by atoms with van der Waals surface area (Å²) in [7, 11) is 0. The monoisotopic (exact) mass is 220 g/mol. The van der Waals surface area contributed by atoms with Gasteiger partial charge in [0, 0.05) is 0 Å². The molecule has 0 heterocycles. The molecule has 14 heavy (non-hydrogen) atoms. The first kappa shape index (κ1) is 13.6. The van der Waals surface area contributed by atoms with Gasteiger partial charge in [-0.25, -0.2) is 0 Å². The van der Waals surface area contributed by atoms with Crippen molar-refractivity contribution in [1.29, 1.82) is 0 Å². The Morgan fingerprint density at radius 2 is 1.57 bits per heavy atom. The molecule has 1 atom stereocenters. The summed E-state index contributed by atoms with van der Waals surface area (Å²) < 4.78 is 59.8. The van der Waals surface area contributed by atoms with Gasteiger partial charge >= 0.3 is 12.1 Å². The van der Waals surface area contributed by atoms with Crippen LogP contribution in [0.2, 0.25) is 0 Å². The third-order valence-corrected chi connectivity index (χ3v) is 1.88. The number of halogens is 5. The van der Waals surface area contributed by atoms with Crippen LogP contribution in [0, 0.1) is 0 Å². The van der Waals surface area contributed by atoms with Crippen molar-refractivity contribution in [2.24, 2.45) is 0 Å². The maximum atomic E-state index is 12.4. The lowest BCUT2D eigenvalue weighted by Gasteiger charge is -2.24. The van der Waals surface area contributed by atoms with Crippen LogP contribution in [0.1, 0.15) is 32.6 Å². The number of hydrogen-bond donors (Lipinski definition) is 1. The molecule has 0 saturated carbocycles. The minimum absolute atomic E-state index is 0.170. The Kier molecular flexibility index (Phi) is 4.77.